The molecular formula is C24H29FN2O4. The summed E-state index contributed by atoms with van der Waals surface area (Å²) in [5.74, 6) is 0.588. The highest BCUT2D eigenvalue weighted by atomic mass is 19.1. The van der Waals surface area contributed by atoms with Crippen LogP contribution in [0.5, 0.6) is 11.5 Å². The lowest BCUT2D eigenvalue weighted by molar-refractivity contribution is 0.0535. The molecular weight excluding hydrogens is 399 g/mol. The van der Waals surface area contributed by atoms with Crippen LogP contribution in [0.2, 0.25) is 0 Å². The predicted molar refractivity (Wildman–Crippen MR) is 116 cm³/mol. The molecule has 0 spiro atoms. The molecule has 0 N–H and O–H groups in total. The van der Waals surface area contributed by atoms with Crippen molar-refractivity contribution in [3.05, 3.63) is 59.4 Å². The number of carbonyl (C=O) groups is 2. The first-order chi connectivity index (χ1) is 15.0. The third kappa shape index (κ3) is 5.75. The molecule has 2 amide bonds. The molecule has 6 nitrogen and oxygen atoms in total. The molecule has 3 rings (SSSR count). The zero-order valence-corrected chi connectivity index (χ0v) is 18.1. The summed E-state index contributed by atoms with van der Waals surface area (Å²) in [6.07, 6.45) is 1.74. The zero-order chi connectivity index (χ0) is 22.2. The Bertz CT molecular complexity index is 893. The number of amides is 2. The zero-order valence-electron chi connectivity index (χ0n) is 18.1. The molecule has 1 aliphatic heterocycles. The van der Waals surface area contributed by atoms with Crippen molar-refractivity contribution in [2.24, 2.45) is 0 Å². The highest BCUT2D eigenvalue weighted by Gasteiger charge is 2.26. The average molecular weight is 429 g/mol. The Morgan fingerprint density at radius 3 is 1.81 bits per heavy atom. The van der Waals surface area contributed by atoms with Gasteiger partial charge in [-0.3, -0.25) is 9.59 Å². The van der Waals surface area contributed by atoms with E-state index in [1.165, 1.54) is 24.3 Å². The second kappa shape index (κ2) is 10.8. The number of rotatable bonds is 8. The van der Waals surface area contributed by atoms with Crippen molar-refractivity contribution < 1.29 is 23.5 Å². The maximum absolute atomic E-state index is 13.1. The van der Waals surface area contributed by atoms with Crippen LogP contribution in [0.25, 0.3) is 0 Å². The van der Waals surface area contributed by atoms with Gasteiger partial charge in [0.05, 0.1) is 13.2 Å². The third-order valence-corrected chi connectivity index (χ3v) is 5.06. The first-order valence-electron chi connectivity index (χ1n) is 10.8. The first-order valence-corrected chi connectivity index (χ1v) is 10.8. The fourth-order valence-electron chi connectivity index (χ4n) is 3.37. The van der Waals surface area contributed by atoms with Gasteiger partial charge in [-0.1, -0.05) is 13.8 Å². The second-order valence-electron chi connectivity index (χ2n) is 7.45. The average Bonchev–Trinajstić information content (AvgIpc) is 2.81. The van der Waals surface area contributed by atoms with Crippen LogP contribution in [0.15, 0.2) is 42.5 Å². The molecule has 31 heavy (non-hydrogen) atoms. The van der Waals surface area contributed by atoms with Gasteiger partial charge >= 0.3 is 0 Å². The molecule has 0 bridgehead atoms. The summed E-state index contributed by atoms with van der Waals surface area (Å²) < 4.78 is 24.6. The summed E-state index contributed by atoms with van der Waals surface area (Å²) >= 11 is 0. The summed E-state index contributed by atoms with van der Waals surface area (Å²) in [5, 5.41) is 0. The topological polar surface area (TPSA) is 59.1 Å². The van der Waals surface area contributed by atoms with Crippen molar-refractivity contribution >= 4 is 11.8 Å². The summed E-state index contributed by atoms with van der Waals surface area (Å²) in [4.78, 5) is 29.0. The van der Waals surface area contributed by atoms with Gasteiger partial charge in [-0.2, -0.15) is 0 Å². The van der Waals surface area contributed by atoms with Gasteiger partial charge in [0.2, 0.25) is 0 Å². The molecule has 1 heterocycles. The molecule has 2 aromatic carbocycles. The van der Waals surface area contributed by atoms with Crippen molar-refractivity contribution in [1.82, 2.24) is 9.80 Å². The monoisotopic (exact) mass is 428 g/mol. The Morgan fingerprint density at radius 2 is 1.26 bits per heavy atom. The Balaban J connectivity index is 1.64. The molecule has 0 aliphatic carbocycles. The quantitative estimate of drug-likeness (QED) is 0.638. The number of hydrogen-bond acceptors (Lipinski definition) is 4. The Hall–Kier alpha value is -3.09. The van der Waals surface area contributed by atoms with Crippen molar-refractivity contribution in [1.29, 1.82) is 0 Å². The van der Waals surface area contributed by atoms with Crippen LogP contribution in [-0.4, -0.2) is 61.0 Å². The van der Waals surface area contributed by atoms with E-state index in [0.717, 1.165) is 12.8 Å². The van der Waals surface area contributed by atoms with Crippen molar-refractivity contribution in [3.8, 4) is 11.5 Å². The minimum atomic E-state index is -0.375. The summed E-state index contributed by atoms with van der Waals surface area (Å²) in [5.41, 5.74) is 0.981. The number of carbonyl (C=O) groups excluding carboxylic acids is 2. The number of halogens is 1. The molecule has 1 saturated heterocycles. The normalized spacial score (nSPS) is 13.8. The second-order valence-corrected chi connectivity index (χ2v) is 7.45. The van der Waals surface area contributed by atoms with Crippen molar-refractivity contribution in [3.63, 3.8) is 0 Å². The molecule has 0 atom stereocenters. The summed E-state index contributed by atoms with van der Waals surface area (Å²) in [7, 11) is 0. The van der Waals surface area contributed by atoms with E-state index < -0.39 is 0 Å². The van der Waals surface area contributed by atoms with Crippen LogP contribution < -0.4 is 9.47 Å². The van der Waals surface area contributed by atoms with Gasteiger partial charge < -0.3 is 19.3 Å². The number of nitrogens with zero attached hydrogens (tertiary/aromatic N) is 2. The Morgan fingerprint density at radius 1 is 0.774 bits per heavy atom. The molecule has 0 unspecified atom stereocenters. The SMILES string of the molecule is CCCOc1ccc(C(=O)N2CCN(C(=O)c3ccc(F)cc3)CC2)cc1OCCC. The third-order valence-electron chi connectivity index (χ3n) is 5.06. The van der Waals surface area contributed by atoms with Crippen LogP contribution in [0, 0.1) is 5.82 Å². The van der Waals surface area contributed by atoms with Gasteiger partial charge in [-0.15, -0.1) is 0 Å². The van der Waals surface area contributed by atoms with E-state index in [1.807, 2.05) is 13.8 Å². The van der Waals surface area contributed by atoms with Gasteiger partial charge in [0, 0.05) is 37.3 Å². The predicted octanol–water partition coefficient (Wildman–Crippen LogP) is 4.00. The van der Waals surface area contributed by atoms with Gasteiger partial charge in [-0.05, 0) is 55.3 Å². The molecule has 1 fully saturated rings. The molecule has 0 aromatic heterocycles. The van der Waals surface area contributed by atoms with Crippen LogP contribution in [0.1, 0.15) is 47.4 Å². The van der Waals surface area contributed by atoms with E-state index >= 15 is 0 Å². The lowest BCUT2D eigenvalue weighted by atomic mass is 10.1. The molecule has 0 radical (unpaired) electrons. The lowest BCUT2D eigenvalue weighted by Crippen LogP contribution is -2.50. The van der Waals surface area contributed by atoms with E-state index in [1.54, 1.807) is 28.0 Å². The van der Waals surface area contributed by atoms with E-state index in [4.69, 9.17) is 9.47 Å². The van der Waals surface area contributed by atoms with E-state index in [9.17, 15) is 14.0 Å². The van der Waals surface area contributed by atoms with Gasteiger partial charge in [-0.25, -0.2) is 4.39 Å². The van der Waals surface area contributed by atoms with Gasteiger partial charge in [0.15, 0.2) is 11.5 Å². The van der Waals surface area contributed by atoms with Gasteiger partial charge in [0.25, 0.3) is 11.8 Å². The van der Waals surface area contributed by atoms with Crippen LogP contribution in [-0.2, 0) is 0 Å². The maximum atomic E-state index is 13.1. The number of piperazine rings is 1. The lowest BCUT2D eigenvalue weighted by Gasteiger charge is -2.35. The number of benzene rings is 2. The van der Waals surface area contributed by atoms with Crippen molar-refractivity contribution in [2.75, 3.05) is 39.4 Å². The standard InChI is InChI=1S/C24H29FN2O4/c1-3-15-30-21-10-7-19(17-22(21)31-16-4-2)24(29)27-13-11-26(12-14-27)23(28)18-5-8-20(25)9-6-18/h5-10,17H,3-4,11-16H2,1-2H3. The van der Waals surface area contributed by atoms with E-state index in [2.05, 4.69) is 0 Å². The molecule has 0 saturated carbocycles. The highest BCUT2D eigenvalue weighted by molar-refractivity contribution is 5.96. The summed E-state index contributed by atoms with van der Waals surface area (Å²) in [6.45, 7) is 6.91. The minimum absolute atomic E-state index is 0.0997. The number of ether oxygens (including phenoxy) is 2. The maximum Gasteiger partial charge on any atom is 0.254 e. The summed E-state index contributed by atoms with van der Waals surface area (Å²) in [6, 6.07) is 10.8. The molecule has 1 aliphatic rings. The first kappa shape index (κ1) is 22.6. The number of hydrogen-bond donors (Lipinski definition) is 0. The molecule has 166 valence electrons. The molecule has 7 heteroatoms. The van der Waals surface area contributed by atoms with Crippen molar-refractivity contribution in [2.45, 2.75) is 26.7 Å². The fourth-order valence-corrected chi connectivity index (χ4v) is 3.37. The van der Waals surface area contributed by atoms with E-state index in [-0.39, 0.29) is 17.6 Å². The Kier molecular flexibility index (Phi) is 7.87. The van der Waals surface area contributed by atoms with Gasteiger partial charge in [0.1, 0.15) is 5.82 Å². The Labute approximate surface area is 182 Å². The fraction of sp³-hybridized carbons (Fsp3) is 0.417. The van der Waals surface area contributed by atoms with Crippen LogP contribution in [0.4, 0.5) is 4.39 Å². The van der Waals surface area contributed by atoms with Crippen LogP contribution in [0.3, 0.4) is 0 Å². The highest BCUT2D eigenvalue weighted by Crippen LogP contribution is 2.29. The van der Waals surface area contributed by atoms with E-state index in [0.29, 0.717) is 62.0 Å². The van der Waals surface area contributed by atoms with Crippen LogP contribution >= 0.6 is 0 Å². The molecule has 2 aromatic rings. The largest absolute Gasteiger partial charge is 0.490 e. The minimum Gasteiger partial charge on any atom is -0.490 e. The smallest absolute Gasteiger partial charge is 0.254 e.